The number of alkyl halides is 1. The van der Waals surface area contributed by atoms with Crippen molar-refractivity contribution in [3.05, 3.63) is 0 Å². The van der Waals surface area contributed by atoms with E-state index in [1.54, 1.807) is 0 Å². The van der Waals surface area contributed by atoms with Gasteiger partial charge in [0.05, 0.1) is 0 Å². The molecule has 0 unspecified atom stereocenters. The molecule has 1 radical (unpaired) electrons. The Kier molecular flexibility index (Phi) is 6.63. The molecule has 0 bridgehead atoms. The third kappa shape index (κ3) is 6.86. The second-order valence-electron chi connectivity index (χ2n) is 1.80. The van der Waals surface area contributed by atoms with E-state index in [0.717, 1.165) is 5.88 Å². The first kappa shape index (κ1) is 8.86. The summed E-state index contributed by atoms with van der Waals surface area (Å²) in [6.45, 7) is 4.62. The zero-order valence-electron chi connectivity index (χ0n) is 5.41. The Balaban J connectivity index is 2.72. The van der Waals surface area contributed by atoms with Gasteiger partial charge in [0.25, 0.3) is 0 Å². The topological polar surface area (TPSA) is 0 Å². The first-order chi connectivity index (χ1) is 3.77. The van der Waals surface area contributed by atoms with Gasteiger partial charge in [-0.2, -0.15) is 11.2 Å². The number of rotatable bonds is 4. The number of hydrogen-bond donors (Lipinski definition) is 0. The van der Waals surface area contributed by atoms with Gasteiger partial charge in [-0.1, -0.05) is 13.1 Å². The molecule has 0 aromatic rings. The van der Waals surface area contributed by atoms with Gasteiger partial charge < -0.3 is 0 Å². The maximum Gasteiger partial charge on any atom is 0.115 e. The maximum absolute atomic E-state index is 5.48. The van der Waals surface area contributed by atoms with Crippen LogP contribution in [0.25, 0.3) is 0 Å². The van der Waals surface area contributed by atoms with E-state index in [0.29, 0.717) is 0 Å². The Hall–Kier alpha value is 0.857. The van der Waals surface area contributed by atoms with Gasteiger partial charge in [-0.25, -0.2) is 0 Å². The van der Waals surface area contributed by atoms with Crippen LogP contribution in [0, 0.1) is 0 Å². The van der Waals surface area contributed by atoms with Crippen LogP contribution in [0.4, 0.5) is 0 Å². The monoisotopic (exact) mass is 167 g/mol. The molecule has 0 aliphatic rings. The fourth-order valence-electron chi connectivity index (χ4n) is 0.331. The summed E-state index contributed by atoms with van der Waals surface area (Å²) in [5.41, 5.74) is 0. The molecule has 49 valence electrons. The molecule has 0 aliphatic carbocycles. The van der Waals surface area contributed by atoms with Crippen molar-refractivity contribution in [3.8, 4) is 0 Å². The zero-order chi connectivity index (χ0) is 6.41. The molecular formula is C5H12ClSSi. The van der Waals surface area contributed by atoms with E-state index in [4.69, 9.17) is 11.6 Å². The molecule has 0 aliphatic heterocycles. The molecule has 0 N–H and O–H groups in total. The average molecular weight is 168 g/mol. The molecule has 0 atom stereocenters. The average Bonchev–Trinajstić information content (AvgIpc) is 1.66. The van der Waals surface area contributed by atoms with E-state index in [2.05, 4.69) is 24.3 Å². The predicted molar refractivity (Wildman–Crippen MR) is 45.3 cm³/mol. The highest BCUT2D eigenvalue weighted by Gasteiger charge is 1.93. The highest BCUT2D eigenvalue weighted by Crippen LogP contribution is 2.07. The van der Waals surface area contributed by atoms with Crippen molar-refractivity contribution in [2.75, 3.05) is 11.6 Å². The van der Waals surface area contributed by atoms with Crippen LogP contribution in [0.15, 0.2) is 0 Å². The fourth-order valence-corrected chi connectivity index (χ4v) is 2.98. The Labute approximate surface area is 62.2 Å². The van der Waals surface area contributed by atoms with Gasteiger partial charge in [0.15, 0.2) is 0 Å². The summed E-state index contributed by atoms with van der Waals surface area (Å²) in [4.78, 5) is 0. The first-order valence-electron chi connectivity index (χ1n) is 2.76. The molecule has 0 spiro atoms. The van der Waals surface area contributed by atoms with E-state index in [1.165, 1.54) is 12.2 Å². The molecule has 0 fully saturated rings. The standard InChI is InChI=1S/C5H12ClSSi/c1-8(2)7-5-3-4-6/h3-5H2,1-2H3. The Morgan fingerprint density at radius 1 is 1.50 bits per heavy atom. The van der Waals surface area contributed by atoms with Gasteiger partial charge in [-0.05, 0) is 12.2 Å². The minimum absolute atomic E-state index is 0.0491. The van der Waals surface area contributed by atoms with Gasteiger partial charge in [0, 0.05) is 5.88 Å². The van der Waals surface area contributed by atoms with Crippen LogP contribution in [-0.2, 0) is 0 Å². The second kappa shape index (κ2) is 5.98. The molecule has 0 nitrogen and oxygen atoms in total. The smallest absolute Gasteiger partial charge is 0.115 e. The molecule has 0 aromatic carbocycles. The molecule has 0 rings (SSSR count). The fraction of sp³-hybridized carbons (Fsp3) is 1.00. The van der Waals surface area contributed by atoms with Crippen molar-refractivity contribution in [1.29, 1.82) is 0 Å². The van der Waals surface area contributed by atoms with Crippen molar-refractivity contribution >= 4 is 30.8 Å². The van der Waals surface area contributed by atoms with Crippen LogP contribution in [0.5, 0.6) is 0 Å². The summed E-state index contributed by atoms with van der Waals surface area (Å²) in [7, 11) is -0.0491. The van der Waals surface area contributed by atoms with Crippen LogP contribution in [0.3, 0.4) is 0 Å². The Bertz CT molecular complexity index is 49.7. The van der Waals surface area contributed by atoms with Crippen molar-refractivity contribution < 1.29 is 0 Å². The van der Waals surface area contributed by atoms with E-state index in [1.807, 2.05) is 0 Å². The summed E-state index contributed by atoms with van der Waals surface area (Å²) in [5, 5.41) is 0. The molecule has 0 saturated carbocycles. The number of halogens is 1. The molecule has 3 heteroatoms. The highest BCUT2D eigenvalue weighted by atomic mass is 35.5. The highest BCUT2D eigenvalue weighted by molar-refractivity contribution is 8.25. The van der Waals surface area contributed by atoms with Crippen molar-refractivity contribution in [2.45, 2.75) is 19.5 Å². The van der Waals surface area contributed by atoms with Crippen LogP contribution in [0.1, 0.15) is 6.42 Å². The van der Waals surface area contributed by atoms with Crippen molar-refractivity contribution in [2.24, 2.45) is 0 Å². The SMILES string of the molecule is C[Si](C)SCCCCl. The lowest BCUT2D eigenvalue weighted by molar-refractivity contribution is 1.12. The summed E-state index contributed by atoms with van der Waals surface area (Å²) in [6.07, 6.45) is 1.17. The quantitative estimate of drug-likeness (QED) is 0.353. The molecular weight excluding hydrogens is 156 g/mol. The zero-order valence-corrected chi connectivity index (χ0v) is 7.98. The molecule has 0 saturated heterocycles. The summed E-state index contributed by atoms with van der Waals surface area (Å²) in [5.74, 6) is 2.08. The predicted octanol–water partition coefficient (Wildman–Crippen LogP) is 2.60. The van der Waals surface area contributed by atoms with Gasteiger partial charge in [-0.3, -0.25) is 0 Å². The van der Waals surface area contributed by atoms with Crippen LogP contribution in [-0.4, -0.2) is 19.6 Å². The Morgan fingerprint density at radius 2 is 2.12 bits per heavy atom. The number of hydrogen-bond acceptors (Lipinski definition) is 1. The lowest BCUT2D eigenvalue weighted by atomic mass is 10.6. The first-order valence-corrected chi connectivity index (χ1v) is 7.50. The summed E-state index contributed by atoms with van der Waals surface area (Å²) in [6, 6.07) is 0. The van der Waals surface area contributed by atoms with Gasteiger partial charge in [0.1, 0.15) is 7.95 Å². The molecule has 8 heavy (non-hydrogen) atoms. The van der Waals surface area contributed by atoms with E-state index >= 15 is 0 Å². The Morgan fingerprint density at radius 3 is 2.50 bits per heavy atom. The molecule has 0 aromatic heterocycles. The van der Waals surface area contributed by atoms with Gasteiger partial charge in [0.2, 0.25) is 0 Å². The largest absolute Gasteiger partial charge is 0.188 e. The van der Waals surface area contributed by atoms with E-state index in [-0.39, 0.29) is 7.95 Å². The molecule has 0 amide bonds. The van der Waals surface area contributed by atoms with Gasteiger partial charge in [-0.15, -0.1) is 11.6 Å². The minimum atomic E-state index is -0.0491. The minimum Gasteiger partial charge on any atom is -0.188 e. The normalized spacial score (nSPS) is 10.5. The van der Waals surface area contributed by atoms with E-state index < -0.39 is 0 Å². The summed E-state index contributed by atoms with van der Waals surface area (Å²) < 4.78 is 0. The van der Waals surface area contributed by atoms with Crippen LogP contribution >= 0.6 is 22.8 Å². The van der Waals surface area contributed by atoms with Crippen LogP contribution in [0.2, 0.25) is 13.1 Å². The third-order valence-corrected chi connectivity index (χ3v) is 4.35. The molecule has 0 heterocycles. The van der Waals surface area contributed by atoms with Gasteiger partial charge >= 0.3 is 0 Å². The van der Waals surface area contributed by atoms with E-state index in [9.17, 15) is 0 Å². The summed E-state index contributed by atoms with van der Waals surface area (Å²) >= 11 is 7.56. The van der Waals surface area contributed by atoms with Crippen LogP contribution < -0.4 is 0 Å². The lowest BCUT2D eigenvalue weighted by Gasteiger charge is -1.98. The maximum atomic E-state index is 5.48. The lowest BCUT2D eigenvalue weighted by Crippen LogP contribution is -1.94. The van der Waals surface area contributed by atoms with Crippen molar-refractivity contribution in [3.63, 3.8) is 0 Å². The second-order valence-corrected chi connectivity index (χ2v) is 8.01. The van der Waals surface area contributed by atoms with Crippen molar-refractivity contribution in [1.82, 2.24) is 0 Å². The third-order valence-electron chi connectivity index (χ3n) is 0.669.